The minimum absolute atomic E-state index is 0.261. The number of thiazole rings is 1. The van der Waals surface area contributed by atoms with Crippen molar-refractivity contribution in [2.45, 2.75) is 22.7 Å². The topological polar surface area (TPSA) is 88.5 Å². The minimum atomic E-state index is -0.820. The lowest BCUT2D eigenvalue weighted by Crippen LogP contribution is -2.33. The van der Waals surface area contributed by atoms with Crippen LogP contribution in [0.3, 0.4) is 0 Å². The van der Waals surface area contributed by atoms with E-state index in [1.54, 1.807) is 24.3 Å². The first-order valence-electron chi connectivity index (χ1n) is 12.0. The van der Waals surface area contributed by atoms with Crippen molar-refractivity contribution in [3.05, 3.63) is 110 Å². The van der Waals surface area contributed by atoms with Gasteiger partial charge in [0, 0.05) is 21.5 Å². The summed E-state index contributed by atoms with van der Waals surface area (Å²) in [7, 11) is 0. The molecule has 3 atom stereocenters. The highest BCUT2D eigenvalue weighted by Crippen LogP contribution is 2.53. The Labute approximate surface area is 235 Å². The van der Waals surface area contributed by atoms with Gasteiger partial charge in [-0.1, -0.05) is 65.0 Å². The van der Waals surface area contributed by atoms with Crippen LogP contribution in [0.5, 0.6) is 0 Å². The van der Waals surface area contributed by atoms with E-state index in [1.165, 1.54) is 28.8 Å². The van der Waals surface area contributed by atoms with E-state index in [-0.39, 0.29) is 17.1 Å². The summed E-state index contributed by atoms with van der Waals surface area (Å²) in [6.45, 7) is -0.261. The molecular formula is C28H19ClFN3O4S2. The van der Waals surface area contributed by atoms with Gasteiger partial charge in [0.05, 0.1) is 16.6 Å². The molecule has 3 amide bonds. The minimum Gasteiger partial charge on any atom is -0.325 e. The average molecular weight is 580 g/mol. The summed E-state index contributed by atoms with van der Waals surface area (Å²) in [5, 5.41) is 2.96. The highest BCUT2D eigenvalue weighted by molar-refractivity contribution is 8.00. The number of rotatable bonds is 5. The molecule has 7 nitrogen and oxygen atoms in total. The molecule has 1 aromatic heterocycles. The van der Waals surface area contributed by atoms with Gasteiger partial charge in [-0.3, -0.25) is 23.7 Å². The molecule has 1 saturated heterocycles. The third-order valence-corrected chi connectivity index (χ3v) is 9.58. The number of anilines is 2. The fourth-order valence-corrected chi connectivity index (χ4v) is 7.90. The van der Waals surface area contributed by atoms with Crippen LogP contribution < -0.4 is 15.1 Å². The van der Waals surface area contributed by atoms with Crippen LogP contribution in [0.15, 0.2) is 88.7 Å². The Hall–Kier alpha value is -3.73. The van der Waals surface area contributed by atoms with Crippen LogP contribution in [-0.2, 0) is 20.9 Å². The Kier molecular flexibility index (Phi) is 6.62. The maximum absolute atomic E-state index is 13.8. The molecule has 39 heavy (non-hydrogen) atoms. The van der Waals surface area contributed by atoms with Crippen molar-refractivity contribution in [3.63, 3.8) is 0 Å². The quantitative estimate of drug-likeness (QED) is 0.331. The molecule has 0 aliphatic carbocycles. The zero-order chi connectivity index (χ0) is 27.3. The van der Waals surface area contributed by atoms with Crippen LogP contribution in [0.4, 0.5) is 15.8 Å². The lowest BCUT2D eigenvalue weighted by atomic mass is 9.83. The molecule has 1 fully saturated rings. The third-order valence-electron chi connectivity index (χ3n) is 6.72. The van der Waals surface area contributed by atoms with Gasteiger partial charge in [-0.05, 0) is 54.1 Å². The molecule has 0 bridgehead atoms. The molecule has 196 valence electrons. The fourth-order valence-electron chi connectivity index (χ4n) is 5.00. The van der Waals surface area contributed by atoms with E-state index in [9.17, 15) is 23.6 Å². The van der Waals surface area contributed by atoms with Crippen molar-refractivity contribution in [1.82, 2.24) is 4.57 Å². The maximum Gasteiger partial charge on any atom is 0.308 e. The summed E-state index contributed by atoms with van der Waals surface area (Å²) >= 11 is 8.02. The van der Waals surface area contributed by atoms with Gasteiger partial charge in [-0.2, -0.15) is 0 Å². The van der Waals surface area contributed by atoms with Gasteiger partial charge in [0.25, 0.3) is 0 Å². The second kappa shape index (κ2) is 10.1. The zero-order valence-corrected chi connectivity index (χ0v) is 22.4. The van der Waals surface area contributed by atoms with Crippen molar-refractivity contribution in [1.29, 1.82) is 0 Å². The van der Waals surface area contributed by atoms with Crippen LogP contribution in [0.25, 0.3) is 0 Å². The number of nitrogens with one attached hydrogen (secondary N) is 1. The second-order valence-corrected chi connectivity index (χ2v) is 11.7. The SMILES string of the molecule is O=C(Cn1c2c(sc1=O)C(c1ccccc1)C1C(=O)N(c3ccc(F)cc3)C(=O)C1S2)Nc1ccc(Cl)cc1. The number of benzene rings is 3. The molecule has 3 heterocycles. The van der Waals surface area contributed by atoms with Crippen molar-refractivity contribution in [2.24, 2.45) is 5.92 Å². The molecule has 0 spiro atoms. The van der Waals surface area contributed by atoms with Crippen LogP contribution in [0, 0.1) is 11.7 Å². The number of carbonyl (C=O) groups is 3. The second-order valence-electron chi connectivity index (χ2n) is 9.12. The van der Waals surface area contributed by atoms with E-state index in [0.717, 1.165) is 33.6 Å². The molecule has 2 aliphatic rings. The van der Waals surface area contributed by atoms with Crippen molar-refractivity contribution in [3.8, 4) is 0 Å². The predicted molar refractivity (Wildman–Crippen MR) is 149 cm³/mol. The van der Waals surface area contributed by atoms with Gasteiger partial charge < -0.3 is 5.32 Å². The van der Waals surface area contributed by atoms with Gasteiger partial charge in [-0.15, -0.1) is 0 Å². The Morgan fingerprint density at radius 2 is 1.62 bits per heavy atom. The molecule has 3 unspecified atom stereocenters. The molecular weight excluding hydrogens is 561 g/mol. The summed E-state index contributed by atoms with van der Waals surface area (Å²) in [4.78, 5) is 54.9. The molecule has 4 aromatic rings. The average Bonchev–Trinajstić information content (AvgIpc) is 3.37. The highest BCUT2D eigenvalue weighted by Gasteiger charge is 2.56. The molecule has 6 rings (SSSR count). The number of imide groups is 1. The molecule has 3 aromatic carbocycles. The van der Waals surface area contributed by atoms with E-state index >= 15 is 0 Å². The number of halogens is 2. The summed E-state index contributed by atoms with van der Waals surface area (Å²) in [5.41, 5.74) is 1.61. The monoisotopic (exact) mass is 579 g/mol. The van der Waals surface area contributed by atoms with Crippen molar-refractivity contribution >= 4 is 63.8 Å². The largest absolute Gasteiger partial charge is 0.325 e. The van der Waals surface area contributed by atoms with Crippen LogP contribution in [0.1, 0.15) is 16.4 Å². The standard InChI is InChI=1S/C28H19ClFN3O4S2/c29-16-6-10-18(11-7-16)31-20(34)14-32-27-24(39-28(32)37)21(15-4-2-1-3-5-15)22-23(38-27)26(36)33(25(22)35)19-12-8-17(30)9-13-19/h1-13,21-23H,14H2,(H,31,34). The number of hydrogen-bond donors (Lipinski definition) is 1. The molecule has 0 saturated carbocycles. The maximum atomic E-state index is 13.8. The van der Waals surface area contributed by atoms with Gasteiger partial charge in [-0.25, -0.2) is 9.29 Å². The number of amides is 3. The number of carbonyl (C=O) groups excluding carboxylic acids is 3. The van der Waals surface area contributed by atoms with E-state index in [2.05, 4.69) is 5.32 Å². The Balaban J connectivity index is 1.39. The van der Waals surface area contributed by atoms with Crippen LogP contribution >= 0.6 is 34.7 Å². The van der Waals surface area contributed by atoms with E-state index < -0.39 is 40.6 Å². The first-order chi connectivity index (χ1) is 18.8. The smallest absolute Gasteiger partial charge is 0.308 e. The Morgan fingerprint density at radius 3 is 2.31 bits per heavy atom. The van der Waals surface area contributed by atoms with Gasteiger partial charge in [0.15, 0.2) is 0 Å². The predicted octanol–water partition coefficient (Wildman–Crippen LogP) is 5.14. The molecule has 11 heteroatoms. The first-order valence-corrected chi connectivity index (χ1v) is 14.0. The van der Waals surface area contributed by atoms with Crippen molar-refractivity contribution < 1.29 is 18.8 Å². The summed E-state index contributed by atoms with van der Waals surface area (Å²) in [5.74, 6) is -3.07. The normalized spacial score (nSPS) is 20.1. The van der Waals surface area contributed by atoms with Crippen LogP contribution in [0.2, 0.25) is 5.02 Å². The number of thioether (sulfide) groups is 1. The van der Waals surface area contributed by atoms with Gasteiger partial charge in [0.2, 0.25) is 17.7 Å². The highest BCUT2D eigenvalue weighted by atomic mass is 35.5. The number of aromatic nitrogens is 1. The zero-order valence-electron chi connectivity index (χ0n) is 20.0. The third kappa shape index (κ3) is 4.58. The summed E-state index contributed by atoms with van der Waals surface area (Å²) in [6.07, 6.45) is 0. The van der Waals surface area contributed by atoms with Gasteiger partial charge in [0.1, 0.15) is 17.6 Å². The lowest BCUT2D eigenvalue weighted by molar-refractivity contribution is -0.122. The van der Waals surface area contributed by atoms with Crippen molar-refractivity contribution in [2.75, 3.05) is 10.2 Å². The number of fused-ring (bicyclic) bond motifs is 2. The Morgan fingerprint density at radius 1 is 0.923 bits per heavy atom. The van der Waals surface area contributed by atoms with Crippen LogP contribution in [-0.4, -0.2) is 27.5 Å². The molecule has 0 radical (unpaired) electrons. The lowest BCUT2D eigenvalue weighted by Gasteiger charge is -2.30. The number of hydrogen-bond acceptors (Lipinski definition) is 6. The summed E-state index contributed by atoms with van der Waals surface area (Å²) < 4.78 is 14.9. The first kappa shape index (κ1) is 25.5. The number of nitrogens with zero attached hydrogens (tertiary/aromatic N) is 2. The van der Waals surface area contributed by atoms with E-state index in [4.69, 9.17) is 11.6 Å². The Bertz CT molecular complexity index is 1660. The molecule has 2 aliphatic heterocycles. The van der Waals surface area contributed by atoms with Gasteiger partial charge >= 0.3 is 4.87 Å². The molecule has 1 N–H and O–H groups in total. The van der Waals surface area contributed by atoms with E-state index in [0.29, 0.717) is 20.6 Å². The fraction of sp³-hybridized carbons (Fsp3) is 0.143. The summed E-state index contributed by atoms with van der Waals surface area (Å²) in [6, 6.07) is 21.1. The van der Waals surface area contributed by atoms with E-state index in [1.807, 2.05) is 30.3 Å².